The van der Waals surface area contributed by atoms with Crippen LogP contribution in [0.3, 0.4) is 0 Å². The molecule has 1 heterocycles. The Bertz CT molecular complexity index is 422. The molecule has 0 radical (unpaired) electrons. The Kier molecular flexibility index (Phi) is 9.88. The molecular formula is C26H46O2. The number of ether oxygens (including phenoxy) is 2. The maximum Gasteiger partial charge on any atom is 0.176 e. The third-order valence-corrected chi connectivity index (χ3v) is 7.82. The fourth-order valence-corrected chi connectivity index (χ4v) is 5.93. The van der Waals surface area contributed by atoms with Crippen LogP contribution in [0.1, 0.15) is 104 Å². The van der Waals surface area contributed by atoms with E-state index in [0.29, 0.717) is 5.92 Å². The van der Waals surface area contributed by atoms with Gasteiger partial charge in [-0.25, -0.2) is 0 Å². The molecule has 2 saturated carbocycles. The van der Waals surface area contributed by atoms with E-state index in [1.54, 1.807) is 0 Å². The van der Waals surface area contributed by atoms with Crippen molar-refractivity contribution in [2.45, 2.75) is 110 Å². The molecule has 0 spiro atoms. The second-order valence-corrected chi connectivity index (χ2v) is 10.0. The molecule has 1 aliphatic heterocycles. The van der Waals surface area contributed by atoms with Crippen molar-refractivity contribution in [1.29, 1.82) is 0 Å². The molecule has 3 aliphatic rings. The molecule has 3 rings (SSSR count). The van der Waals surface area contributed by atoms with Crippen LogP contribution in [0.2, 0.25) is 0 Å². The van der Waals surface area contributed by atoms with Gasteiger partial charge in [-0.1, -0.05) is 64.9 Å². The molecule has 3 fully saturated rings. The summed E-state index contributed by atoms with van der Waals surface area (Å²) in [6.45, 7) is 6.30. The zero-order chi connectivity index (χ0) is 19.6. The van der Waals surface area contributed by atoms with Crippen molar-refractivity contribution in [1.82, 2.24) is 0 Å². The molecule has 0 atom stereocenters. The summed E-state index contributed by atoms with van der Waals surface area (Å²) in [6, 6.07) is 0. The molecule has 0 amide bonds. The second kappa shape index (κ2) is 12.4. The van der Waals surface area contributed by atoms with Crippen molar-refractivity contribution in [3.8, 4) is 0 Å². The first-order chi connectivity index (χ1) is 13.8. The lowest BCUT2D eigenvalue weighted by Crippen LogP contribution is -2.31. The lowest BCUT2D eigenvalue weighted by Gasteiger charge is -2.37. The SMILES string of the molecule is CCCCCC1CCC(C2CCC(/C=C/C3OCC(CCC)CO3)CC2)CC1. The minimum atomic E-state index is -0.0891. The number of unbranched alkanes of at least 4 members (excludes halogenated alkanes) is 2. The Balaban J connectivity index is 1.30. The van der Waals surface area contributed by atoms with Gasteiger partial charge in [-0.2, -0.15) is 0 Å². The molecule has 2 aliphatic carbocycles. The predicted octanol–water partition coefficient (Wildman–Crippen LogP) is 7.52. The van der Waals surface area contributed by atoms with Gasteiger partial charge >= 0.3 is 0 Å². The van der Waals surface area contributed by atoms with Gasteiger partial charge in [-0.3, -0.25) is 0 Å². The third-order valence-electron chi connectivity index (χ3n) is 7.82. The van der Waals surface area contributed by atoms with Gasteiger partial charge in [0.05, 0.1) is 13.2 Å². The molecule has 2 nitrogen and oxygen atoms in total. The summed E-state index contributed by atoms with van der Waals surface area (Å²) in [5.41, 5.74) is 0. The Morgan fingerprint density at radius 1 is 0.643 bits per heavy atom. The summed E-state index contributed by atoms with van der Waals surface area (Å²) in [5.74, 6) is 4.45. The summed E-state index contributed by atoms with van der Waals surface area (Å²) in [7, 11) is 0. The van der Waals surface area contributed by atoms with Crippen molar-refractivity contribution < 1.29 is 9.47 Å². The van der Waals surface area contributed by atoms with Gasteiger partial charge in [0, 0.05) is 5.92 Å². The zero-order valence-electron chi connectivity index (χ0n) is 18.7. The smallest absolute Gasteiger partial charge is 0.176 e. The Labute approximate surface area is 174 Å². The molecular weight excluding hydrogens is 344 g/mol. The van der Waals surface area contributed by atoms with Crippen LogP contribution >= 0.6 is 0 Å². The highest BCUT2D eigenvalue weighted by Gasteiger charge is 2.30. The van der Waals surface area contributed by atoms with Crippen molar-refractivity contribution in [3.05, 3.63) is 12.2 Å². The van der Waals surface area contributed by atoms with Crippen LogP contribution in [-0.4, -0.2) is 19.5 Å². The van der Waals surface area contributed by atoms with Gasteiger partial charge in [0.25, 0.3) is 0 Å². The van der Waals surface area contributed by atoms with E-state index in [0.717, 1.165) is 36.9 Å². The zero-order valence-corrected chi connectivity index (χ0v) is 18.7. The van der Waals surface area contributed by atoms with E-state index < -0.39 is 0 Å². The van der Waals surface area contributed by atoms with Crippen LogP contribution in [0.4, 0.5) is 0 Å². The highest BCUT2D eigenvalue weighted by molar-refractivity contribution is 4.95. The lowest BCUT2D eigenvalue weighted by atomic mass is 9.68. The van der Waals surface area contributed by atoms with E-state index in [4.69, 9.17) is 9.47 Å². The van der Waals surface area contributed by atoms with E-state index >= 15 is 0 Å². The number of hydrogen-bond acceptors (Lipinski definition) is 2. The van der Waals surface area contributed by atoms with Crippen molar-refractivity contribution in [3.63, 3.8) is 0 Å². The standard InChI is InChI=1S/C26H46O2/c1-3-5-6-8-21-9-14-24(15-10-21)25-16-11-22(12-17-25)13-18-26-27-19-23(7-4-2)20-28-26/h13,18,21-26H,3-12,14-17,19-20H2,1-2H3/b18-13+. The number of allylic oxidation sites excluding steroid dienone is 1. The van der Waals surface area contributed by atoms with Crippen molar-refractivity contribution >= 4 is 0 Å². The van der Waals surface area contributed by atoms with Gasteiger partial charge in [0.1, 0.15) is 0 Å². The molecule has 162 valence electrons. The van der Waals surface area contributed by atoms with Crippen LogP contribution in [0.15, 0.2) is 12.2 Å². The van der Waals surface area contributed by atoms with Crippen molar-refractivity contribution in [2.75, 3.05) is 13.2 Å². The van der Waals surface area contributed by atoms with E-state index in [-0.39, 0.29) is 6.29 Å². The highest BCUT2D eigenvalue weighted by Crippen LogP contribution is 2.42. The number of hydrogen-bond donors (Lipinski definition) is 0. The summed E-state index contributed by atoms with van der Waals surface area (Å²) < 4.78 is 11.8. The van der Waals surface area contributed by atoms with Gasteiger partial charge in [0.2, 0.25) is 0 Å². The molecule has 0 aromatic rings. The van der Waals surface area contributed by atoms with Crippen LogP contribution in [0.25, 0.3) is 0 Å². The fraction of sp³-hybridized carbons (Fsp3) is 0.923. The fourth-order valence-electron chi connectivity index (χ4n) is 5.93. The summed E-state index contributed by atoms with van der Waals surface area (Å²) in [6.07, 6.45) is 24.5. The van der Waals surface area contributed by atoms with Gasteiger partial charge in [0.15, 0.2) is 6.29 Å². The van der Waals surface area contributed by atoms with Crippen molar-refractivity contribution in [2.24, 2.45) is 29.6 Å². The maximum atomic E-state index is 5.89. The maximum absolute atomic E-state index is 5.89. The predicted molar refractivity (Wildman–Crippen MR) is 118 cm³/mol. The molecule has 0 bridgehead atoms. The van der Waals surface area contributed by atoms with E-state index in [9.17, 15) is 0 Å². The molecule has 0 aromatic carbocycles. The average molecular weight is 391 g/mol. The lowest BCUT2D eigenvalue weighted by molar-refractivity contribution is -0.175. The monoisotopic (exact) mass is 390 g/mol. The first kappa shape index (κ1) is 22.3. The van der Waals surface area contributed by atoms with Crippen LogP contribution < -0.4 is 0 Å². The molecule has 1 saturated heterocycles. The molecule has 0 unspecified atom stereocenters. The topological polar surface area (TPSA) is 18.5 Å². The molecule has 0 N–H and O–H groups in total. The van der Waals surface area contributed by atoms with Gasteiger partial charge in [-0.15, -0.1) is 0 Å². The Hall–Kier alpha value is -0.340. The average Bonchev–Trinajstić information content (AvgIpc) is 2.75. The summed E-state index contributed by atoms with van der Waals surface area (Å²) in [5, 5.41) is 0. The summed E-state index contributed by atoms with van der Waals surface area (Å²) in [4.78, 5) is 0. The van der Waals surface area contributed by atoms with Crippen LogP contribution in [-0.2, 0) is 9.47 Å². The third kappa shape index (κ3) is 7.17. The van der Waals surface area contributed by atoms with Crippen LogP contribution in [0, 0.1) is 29.6 Å². The highest BCUT2D eigenvalue weighted by atomic mass is 16.7. The van der Waals surface area contributed by atoms with Crippen LogP contribution in [0.5, 0.6) is 0 Å². The number of rotatable bonds is 9. The minimum Gasteiger partial charge on any atom is -0.349 e. The summed E-state index contributed by atoms with van der Waals surface area (Å²) >= 11 is 0. The largest absolute Gasteiger partial charge is 0.349 e. The van der Waals surface area contributed by atoms with Gasteiger partial charge < -0.3 is 9.47 Å². The van der Waals surface area contributed by atoms with E-state index in [1.165, 1.54) is 89.9 Å². The van der Waals surface area contributed by atoms with Gasteiger partial charge in [-0.05, 0) is 74.7 Å². The first-order valence-electron chi connectivity index (χ1n) is 12.7. The minimum absolute atomic E-state index is 0.0891. The quantitative estimate of drug-likeness (QED) is 0.299. The second-order valence-electron chi connectivity index (χ2n) is 10.0. The van der Waals surface area contributed by atoms with E-state index in [2.05, 4.69) is 26.0 Å². The normalized spacial score (nSPS) is 37.4. The molecule has 28 heavy (non-hydrogen) atoms. The first-order valence-corrected chi connectivity index (χ1v) is 12.7. The van der Waals surface area contributed by atoms with E-state index in [1.807, 2.05) is 0 Å². The Morgan fingerprint density at radius 3 is 1.89 bits per heavy atom. The molecule has 0 aromatic heterocycles. The molecule has 2 heteroatoms. The Morgan fingerprint density at radius 2 is 1.29 bits per heavy atom.